The molecule has 2 aliphatic rings. The minimum atomic E-state index is 0.658. The van der Waals surface area contributed by atoms with Gasteiger partial charge in [0.1, 0.15) is 0 Å². The third-order valence-corrected chi connectivity index (χ3v) is 4.59. The van der Waals surface area contributed by atoms with Gasteiger partial charge in [0.25, 0.3) is 0 Å². The van der Waals surface area contributed by atoms with Crippen molar-refractivity contribution in [2.24, 2.45) is 17.8 Å². The molecule has 0 amide bonds. The molecular formula is C14H21NO. The van der Waals surface area contributed by atoms with E-state index in [4.69, 9.17) is 4.42 Å². The largest absolute Gasteiger partial charge is 0.472 e. The topological polar surface area (TPSA) is 25.2 Å². The van der Waals surface area contributed by atoms with E-state index in [1.54, 1.807) is 6.26 Å². The Balaban J connectivity index is 1.63. The molecule has 16 heavy (non-hydrogen) atoms. The minimum Gasteiger partial charge on any atom is -0.472 e. The summed E-state index contributed by atoms with van der Waals surface area (Å²) in [4.78, 5) is 0. The van der Waals surface area contributed by atoms with Gasteiger partial charge in [0.05, 0.1) is 12.5 Å². The first kappa shape index (κ1) is 10.4. The van der Waals surface area contributed by atoms with Gasteiger partial charge in [-0.1, -0.05) is 12.8 Å². The number of furan rings is 1. The molecule has 2 aliphatic carbocycles. The molecule has 0 aromatic carbocycles. The normalized spacial score (nSPS) is 34.4. The van der Waals surface area contributed by atoms with Crippen molar-refractivity contribution >= 4 is 0 Å². The molecule has 3 atom stereocenters. The number of hydrogen-bond acceptors (Lipinski definition) is 2. The highest BCUT2D eigenvalue weighted by Gasteiger charge is 2.53. The molecule has 0 spiro atoms. The molecule has 1 aromatic heterocycles. The molecule has 0 aliphatic heterocycles. The van der Waals surface area contributed by atoms with Crippen LogP contribution in [0.5, 0.6) is 0 Å². The van der Waals surface area contributed by atoms with Crippen LogP contribution < -0.4 is 5.32 Å². The third-order valence-electron chi connectivity index (χ3n) is 4.59. The van der Waals surface area contributed by atoms with Gasteiger partial charge in [-0.15, -0.1) is 0 Å². The zero-order valence-electron chi connectivity index (χ0n) is 9.99. The predicted molar refractivity (Wildman–Crippen MR) is 64.2 cm³/mol. The lowest BCUT2D eigenvalue weighted by molar-refractivity contribution is 0.457. The lowest BCUT2D eigenvalue weighted by Crippen LogP contribution is -2.30. The van der Waals surface area contributed by atoms with Gasteiger partial charge in [-0.25, -0.2) is 0 Å². The summed E-state index contributed by atoms with van der Waals surface area (Å²) in [5, 5.41) is 3.52. The van der Waals surface area contributed by atoms with Gasteiger partial charge in [-0.2, -0.15) is 0 Å². The van der Waals surface area contributed by atoms with Crippen LogP contribution in [0.2, 0.25) is 0 Å². The molecular weight excluding hydrogens is 198 g/mol. The Morgan fingerprint density at radius 1 is 1.38 bits per heavy atom. The van der Waals surface area contributed by atoms with Crippen molar-refractivity contribution in [3.63, 3.8) is 0 Å². The van der Waals surface area contributed by atoms with Crippen LogP contribution in [-0.4, -0.2) is 13.1 Å². The molecule has 0 saturated heterocycles. The van der Waals surface area contributed by atoms with Gasteiger partial charge < -0.3 is 9.73 Å². The summed E-state index contributed by atoms with van der Waals surface area (Å²) in [6.07, 6.45) is 10.7. The standard InChI is InChI=1S/C14H21NO/c1-15-13(8-10-6-7-16-9-10)14-11-4-2-3-5-12(11)14/h6-7,9,11-15H,2-5,8H2,1H3. The summed E-state index contributed by atoms with van der Waals surface area (Å²) >= 11 is 0. The second-order valence-electron chi connectivity index (χ2n) is 5.42. The van der Waals surface area contributed by atoms with Crippen LogP contribution in [0, 0.1) is 17.8 Å². The van der Waals surface area contributed by atoms with Crippen molar-refractivity contribution in [1.29, 1.82) is 0 Å². The van der Waals surface area contributed by atoms with Crippen LogP contribution in [0.3, 0.4) is 0 Å². The second-order valence-corrected chi connectivity index (χ2v) is 5.42. The van der Waals surface area contributed by atoms with E-state index in [0.717, 1.165) is 24.2 Å². The highest BCUT2D eigenvalue weighted by Crippen LogP contribution is 2.57. The minimum absolute atomic E-state index is 0.658. The Bertz CT molecular complexity index is 321. The summed E-state index contributed by atoms with van der Waals surface area (Å²) in [5.74, 6) is 2.98. The first-order valence-corrected chi connectivity index (χ1v) is 6.58. The molecule has 1 heterocycles. The zero-order valence-corrected chi connectivity index (χ0v) is 9.99. The molecule has 2 fully saturated rings. The number of nitrogens with one attached hydrogen (secondary N) is 1. The predicted octanol–water partition coefficient (Wildman–Crippen LogP) is 2.85. The van der Waals surface area contributed by atoms with Crippen LogP contribution in [0.15, 0.2) is 23.0 Å². The molecule has 3 rings (SSSR count). The Labute approximate surface area is 97.4 Å². The Hall–Kier alpha value is -0.760. The van der Waals surface area contributed by atoms with E-state index in [-0.39, 0.29) is 0 Å². The van der Waals surface area contributed by atoms with Gasteiger partial charge >= 0.3 is 0 Å². The molecule has 2 heteroatoms. The smallest absolute Gasteiger partial charge is 0.0935 e. The average molecular weight is 219 g/mol. The maximum atomic E-state index is 5.15. The van der Waals surface area contributed by atoms with Crippen LogP contribution in [0.4, 0.5) is 0 Å². The molecule has 2 nitrogen and oxygen atoms in total. The van der Waals surface area contributed by atoms with Gasteiger partial charge in [0.15, 0.2) is 0 Å². The first-order valence-electron chi connectivity index (χ1n) is 6.58. The van der Waals surface area contributed by atoms with Crippen molar-refractivity contribution in [2.75, 3.05) is 7.05 Å². The fourth-order valence-electron chi connectivity index (χ4n) is 3.74. The highest BCUT2D eigenvalue weighted by molar-refractivity contribution is 5.12. The molecule has 1 aromatic rings. The summed E-state index contributed by atoms with van der Waals surface area (Å²) in [6, 6.07) is 2.75. The van der Waals surface area contributed by atoms with Gasteiger partial charge in [-0.3, -0.25) is 0 Å². The molecule has 2 saturated carbocycles. The van der Waals surface area contributed by atoms with Crippen molar-refractivity contribution in [2.45, 2.75) is 38.1 Å². The second kappa shape index (κ2) is 4.25. The van der Waals surface area contributed by atoms with Crippen molar-refractivity contribution in [3.8, 4) is 0 Å². The molecule has 1 N–H and O–H groups in total. The number of hydrogen-bond donors (Lipinski definition) is 1. The van der Waals surface area contributed by atoms with Gasteiger partial charge in [-0.05, 0) is 55.7 Å². The van der Waals surface area contributed by atoms with Crippen molar-refractivity contribution in [1.82, 2.24) is 5.32 Å². The summed E-state index contributed by atoms with van der Waals surface area (Å²) in [7, 11) is 2.11. The third kappa shape index (κ3) is 1.80. The molecule has 88 valence electrons. The fourth-order valence-corrected chi connectivity index (χ4v) is 3.74. The maximum Gasteiger partial charge on any atom is 0.0935 e. The Kier molecular flexibility index (Phi) is 2.76. The molecule has 0 radical (unpaired) electrons. The summed E-state index contributed by atoms with van der Waals surface area (Å²) < 4.78 is 5.15. The Morgan fingerprint density at radius 3 is 2.69 bits per heavy atom. The van der Waals surface area contributed by atoms with E-state index < -0.39 is 0 Å². The maximum absolute atomic E-state index is 5.15. The first-order chi connectivity index (χ1) is 7.90. The number of rotatable bonds is 4. The zero-order chi connectivity index (χ0) is 11.0. The number of fused-ring (bicyclic) bond motifs is 1. The van der Waals surface area contributed by atoms with Crippen molar-refractivity contribution in [3.05, 3.63) is 24.2 Å². The highest BCUT2D eigenvalue weighted by atomic mass is 16.3. The van der Waals surface area contributed by atoms with E-state index >= 15 is 0 Å². The summed E-state index contributed by atoms with van der Waals surface area (Å²) in [6.45, 7) is 0. The van der Waals surface area contributed by atoms with E-state index in [1.165, 1.54) is 31.2 Å². The lowest BCUT2D eigenvalue weighted by Gasteiger charge is -2.15. The van der Waals surface area contributed by atoms with Crippen LogP contribution in [0.1, 0.15) is 31.2 Å². The van der Waals surface area contributed by atoms with Gasteiger partial charge in [0, 0.05) is 6.04 Å². The lowest BCUT2D eigenvalue weighted by atomic mass is 10.0. The molecule has 0 bridgehead atoms. The van der Waals surface area contributed by atoms with Crippen LogP contribution in [-0.2, 0) is 6.42 Å². The van der Waals surface area contributed by atoms with Crippen molar-refractivity contribution < 1.29 is 4.42 Å². The van der Waals surface area contributed by atoms with E-state index in [9.17, 15) is 0 Å². The number of likely N-dealkylation sites (N-methyl/N-ethyl adjacent to an activating group) is 1. The fraction of sp³-hybridized carbons (Fsp3) is 0.714. The van der Waals surface area contributed by atoms with E-state index in [1.807, 2.05) is 6.26 Å². The van der Waals surface area contributed by atoms with Crippen LogP contribution in [0.25, 0.3) is 0 Å². The quantitative estimate of drug-likeness (QED) is 0.842. The van der Waals surface area contributed by atoms with E-state index in [2.05, 4.69) is 18.4 Å². The van der Waals surface area contributed by atoms with Gasteiger partial charge in [0.2, 0.25) is 0 Å². The monoisotopic (exact) mass is 219 g/mol. The molecule has 3 unspecified atom stereocenters. The average Bonchev–Trinajstić information content (AvgIpc) is 2.81. The van der Waals surface area contributed by atoms with Crippen LogP contribution >= 0.6 is 0 Å². The summed E-state index contributed by atoms with van der Waals surface area (Å²) in [5.41, 5.74) is 1.34. The van der Waals surface area contributed by atoms with E-state index in [0.29, 0.717) is 6.04 Å². The SMILES string of the molecule is CNC(Cc1ccoc1)C1C2CCCCC21. The Morgan fingerprint density at radius 2 is 2.12 bits per heavy atom.